The van der Waals surface area contributed by atoms with Crippen molar-refractivity contribution < 1.29 is 9.53 Å². The number of hydrogen-bond acceptors (Lipinski definition) is 2. The van der Waals surface area contributed by atoms with Crippen LogP contribution in [0.25, 0.3) is 0 Å². The van der Waals surface area contributed by atoms with Crippen LogP contribution in [-0.4, -0.2) is 12.5 Å². The third-order valence-corrected chi connectivity index (χ3v) is 3.86. The topological polar surface area (TPSA) is 38.3 Å². The van der Waals surface area contributed by atoms with Gasteiger partial charge in [0.05, 0.1) is 6.61 Å². The molecule has 3 atom stereocenters. The highest BCUT2D eigenvalue weighted by Gasteiger charge is 2.51. The van der Waals surface area contributed by atoms with Crippen molar-refractivity contribution in [3.05, 3.63) is 42.0 Å². The van der Waals surface area contributed by atoms with E-state index in [2.05, 4.69) is 24.4 Å². The van der Waals surface area contributed by atoms with Crippen molar-refractivity contribution in [1.82, 2.24) is 0 Å². The van der Waals surface area contributed by atoms with Gasteiger partial charge in [-0.1, -0.05) is 44.2 Å². The Bertz CT molecular complexity index is 523. The number of carbonyl (C=O) groups excluding carboxylic acids is 1. The fourth-order valence-corrected chi connectivity index (χ4v) is 2.79. The number of carbonyl (C=O) groups is 1. The molecule has 3 rings (SSSR count). The maximum Gasteiger partial charge on any atom is 0.261 e. The van der Waals surface area contributed by atoms with E-state index in [0.29, 0.717) is 12.5 Å². The largest absolute Gasteiger partial charge is 0.359 e. The van der Waals surface area contributed by atoms with Crippen LogP contribution in [0.3, 0.4) is 0 Å². The first-order valence-corrected chi connectivity index (χ1v) is 6.38. The van der Waals surface area contributed by atoms with E-state index in [-0.39, 0.29) is 11.8 Å². The van der Waals surface area contributed by atoms with Gasteiger partial charge >= 0.3 is 0 Å². The van der Waals surface area contributed by atoms with Gasteiger partial charge in [0.2, 0.25) is 0 Å². The molecule has 0 fully saturated rings. The molecule has 0 aliphatic carbocycles. The lowest BCUT2D eigenvalue weighted by molar-refractivity contribution is -0.147. The summed E-state index contributed by atoms with van der Waals surface area (Å²) >= 11 is 0. The summed E-state index contributed by atoms with van der Waals surface area (Å²) in [5.41, 5.74) is 0.983. The molecule has 2 heterocycles. The monoisotopic (exact) mass is 243 g/mol. The van der Waals surface area contributed by atoms with Gasteiger partial charge in [0.25, 0.3) is 5.91 Å². The van der Waals surface area contributed by atoms with Crippen LogP contribution in [-0.2, 0) is 15.1 Å². The first kappa shape index (κ1) is 11.5. The van der Waals surface area contributed by atoms with Gasteiger partial charge in [-0.2, -0.15) is 0 Å². The van der Waals surface area contributed by atoms with E-state index < -0.39 is 5.60 Å². The van der Waals surface area contributed by atoms with Crippen LogP contribution in [0.1, 0.15) is 19.4 Å². The van der Waals surface area contributed by atoms with Crippen molar-refractivity contribution in [3.8, 4) is 0 Å². The van der Waals surface area contributed by atoms with E-state index >= 15 is 0 Å². The summed E-state index contributed by atoms with van der Waals surface area (Å²) in [5.74, 6) is 0.327. The van der Waals surface area contributed by atoms with Crippen molar-refractivity contribution in [2.24, 2.45) is 11.8 Å². The van der Waals surface area contributed by atoms with Gasteiger partial charge in [-0.3, -0.25) is 4.79 Å². The third kappa shape index (κ3) is 1.44. The molecule has 1 amide bonds. The molecule has 0 saturated heterocycles. The van der Waals surface area contributed by atoms with Crippen LogP contribution in [0.4, 0.5) is 5.69 Å². The summed E-state index contributed by atoms with van der Waals surface area (Å²) < 4.78 is 6.04. The molecule has 1 aromatic carbocycles. The Morgan fingerprint density at radius 1 is 1.28 bits per heavy atom. The number of rotatable bonds is 0. The number of ether oxygens (including phenoxy) is 1. The zero-order valence-corrected chi connectivity index (χ0v) is 10.6. The number of fused-ring (bicyclic) bond motifs is 2. The van der Waals surface area contributed by atoms with Crippen molar-refractivity contribution >= 4 is 11.6 Å². The Kier molecular flexibility index (Phi) is 2.52. The predicted octanol–water partition coefficient (Wildman–Crippen LogP) is 2.69. The van der Waals surface area contributed by atoms with Crippen LogP contribution >= 0.6 is 0 Å². The van der Waals surface area contributed by atoms with E-state index in [4.69, 9.17) is 4.74 Å². The highest BCUT2D eigenvalue weighted by molar-refractivity contribution is 6.05. The summed E-state index contributed by atoms with van der Waals surface area (Å²) in [4.78, 5) is 12.4. The van der Waals surface area contributed by atoms with E-state index in [9.17, 15) is 4.79 Å². The van der Waals surface area contributed by atoms with Crippen LogP contribution in [0.2, 0.25) is 0 Å². The second-order valence-corrected chi connectivity index (χ2v) is 5.20. The Balaban J connectivity index is 2.14. The molecule has 0 radical (unpaired) electrons. The SMILES string of the molecule is C[C@@H]1C=C[C@@H](C)[C@]2(OC1)C(=O)Nc1ccccc12. The number of benzene rings is 1. The first-order chi connectivity index (χ1) is 8.64. The van der Waals surface area contributed by atoms with Gasteiger partial charge in [0, 0.05) is 17.2 Å². The highest BCUT2D eigenvalue weighted by atomic mass is 16.5. The average molecular weight is 243 g/mol. The van der Waals surface area contributed by atoms with Crippen molar-refractivity contribution in [2.75, 3.05) is 11.9 Å². The van der Waals surface area contributed by atoms with Crippen LogP contribution in [0.5, 0.6) is 0 Å². The van der Waals surface area contributed by atoms with Gasteiger partial charge in [-0.05, 0) is 12.0 Å². The van der Waals surface area contributed by atoms with Crippen molar-refractivity contribution in [1.29, 1.82) is 0 Å². The number of para-hydroxylation sites is 1. The second kappa shape index (κ2) is 3.95. The minimum absolute atomic E-state index is 0.0334. The van der Waals surface area contributed by atoms with Gasteiger partial charge in [0.1, 0.15) is 0 Å². The first-order valence-electron chi connectivity index (χ1n) is 6.38. The van der Waals surface area contributed by atoms with Crippen LogP contribution in [0, 0.1) is 11.8 Å². The summed E-state index contributed by atoms with van der Waals surface area (Å²) in [6, 6.07) is 7.79. The Labute approximate surface area is 107 Å². The maximum atomic E-state index is 12.4. The Hall–Kier alpha value is -1.61. The number of nitrogens with one attached hydrogen (secondary N) is 1. The zero-order chi connectivity index (χ0) is 12.8. The lowest BCUT2D eigenvalue weighted by atomic mass is 9.83. The normalized spacial score (nSPS) is 34.2. The summed E-state index contributed by atoms with van der Waals surface area (Å²) in [6.45, 7) is 4.71. The predicted molar refractivity (Wildman–Crippen MR) is 70.2 cm³/mol. The lowest BCUT2D eigenvalue weighted by Crippen LogP contribution is -2.42. The fraction of sp³-hybridized carbons (Fsp3) is 0.400. The molecular formula is C15H17NO2. The summed E-state index contributed by atoms with van der Waals surface area (Å²) in [5, 5.41) is 2.93. The smallest absolute Gasteiger partial charge is 0.261 e. The minimum Gasteiger partial charge on any atom is -0.359 e. The molecule has 0 bridgehead atoms. The van der Waals surface area contributed by atoms with Crippen molar-refractivity contribution in [2.45, 2.75) is 19.4 Å². The van der Waals surface area contributed by atoms with Crippen LogP contribution < -0.4 is 5.32 Å². The molecule has 3 nitrogen and oxygen atoms in total. The van der Waals surface area contributed by atoms with E-state index in [0.717, 1.165) is 11.3 Å². The van der Waals surface area contributed by atoms with Crippen LogP contribution in [0.15, 0.2) is 36.4 Å². The minimum atomic E-state index is -0.849. The maximum absolute atomic E-state index is 12.4. The number of anilines is 1. The van der Waals surface area contributed by atoms with Gasteiger partial charge in [-0.25, -0.2) is 0 Å². The summed E-state index contributed by atoms with van der Waals surface area (Å²) in [7, 11) is 0. The van der Waals surface area contributed by atoms with Crippen molar-refractivity contribution in [3.63, 3.8) is 0 Å². The number of amides is 1. The molecule has 0 aromatic heterocycles. The Morgan fingerprint density at radius 3 is 2.89 bits per heavy atom. The molecule has 0 saturated carbocycles. The molecule has 94 valence electrons. The van der Waals surface area contributed by atoms with E-state index in [1.807, 2.05) is 31.2 Å². The second-order valence-electron chi connectivity index (χ2n) is 5.20. The highest BCUT2D eigenvalue weighted by Crippen LogP contribution is 2.45. The lowest BCUT2D eigenvalue weighted by Gasteiger charge is -2.31. The molecule has 0 unspecified atom stereocenters. The zero-order valence-electron chi connectivity index (χ0n) is 10.6. The molecule has 1 N–H and O–H groups in total. The Morgan fingerprint density at radius 2 is 2.06 bits per heavy atom. The summed E-state index contributed by atoms with van der Waals surface area (Å²) in [6.07, 6.45) is 4.23. The molecule has 2 aliphatic rings. The van der Waals surface area contributed by atoms with E-state index in [1.165, 1.54) is 0 Å². The molecule has 1 spiro atoms. The fourth-order valence-electron chi connectivity index (χ4n) is 2.79. The average Bonchev–Trinajstić information content (AvgIpc) is 2.57. The quantitative estimate of drug-likeness (QED) is 0.711. The third-order valence-electron chi connectivity index (χ3n) is 3.86. The molecule has 3 heteroatoms. The molecule has 2 aliphatic heterocycles. The van der Waals surface area contributed by atoms with Gasteiger partial charge in [0.15, 0.2) is 5.60 Å². The molecular weight excluding hydrogens is 226 g/mol. The van der Waals surface area contributed by atoms with E-state index in [1.54, 1.807) is 0 Å². The van der Waals surface area contributed by atoms with Gasteiger partial charge < -0.3 is 10.1 Å². The molecule has 18 heavy (non-hydrogen) atoms. The van der Waals surface area contributed by atoms with Gasteiger partial charge in [-0.15, -0.1) is 0 Å². The standard InChI is InChI=1S/C15H17NO2/c1-10-7-8-11(2)15(18-9-10)12-5-3-4-6-13(12)16-14(15)17/h3-8,10-11H,9H2,1-2H3,(H,16,17)/t10-,11-,15-/m1/s1. The number of hydrogen-bond donors (Lipinski definition) is 1. The molecule has 1 aromatic rings.